The van der Waals surface area contributed by atoms with Gasteiger partial charge in [0.05, 0.1) is 31.0 Å². The van der Waals surface area contributed by atoms with Crippen molar-refractivity contribution in [1.82, 2.24) is 4.90 Å². The van der Waals surface area contributed by atoms with Gasteiger partial charge in [0.15, 0.2) is 11.5 Å². The second kappa shape index (κ2) is 4.51. The van der Waals surface area contributed by atoms with E-state index in [1.807, 2.05) is 11.1 Å². The average molecular weight is 274 g/mol. The Labute approximate surface area is 118 Å². The maximum absolute atomic E-state index is 12.7. The fourth-order valence-electron chi connectivity index (χ4n) is 2.95. The zero-order chi connectivity index (χ0) is 14.3. The maximum atomic E-state index is 12.7. The molecule has 5 nitrogen and oxygen atoms in total. The predicted octanol–water partition coefficient (Wildman–Crippen LogP) is 2.41. The van der Waals surface area contributed by atoms with Crippen LogP contribution in [0.25, 0.3) is 0 Å². The Bertz CT molecular complexity index is 597. The number of fused-ring (bicyclic) bond motifs is 2. The van der Waals surface area contributed by atoms with E-state index in [0.717, 1.165) is 19.4 Å². The minimum absolute atomic E-state index is 0.0125. The highest BCUT2D eigenvalue weighted by Crippen LogP contribution is 2.40. The number of rotatable bonds is 2. The Hall–Kier alpha value is -2.04. The van der Waals surface area contributed by atoms with E-state index in [-0.39, 0.29) is 11.4 Å². The van der Waals surface area contributed by atoms with E-state index in [4.69, 9.17) is 9.47 Å². The minimum atomic E-state index is -0.281. The van der Waals surface area contributed by atoms with Crippen molar-refractivity contribution in [3.8, 4) is 11.5 Å². The van der Waals surface area contributed by atoms with Crippen LogP contribution in [-0.2, 0) is 0 Å². The molecule has 1 amide bonds. The Morgan fingerprint density at radius 1 is 1.25 bits per heavy atom. The summed E-state index contributed by atoms with van der Waals surface area (Å²) in [5.74, 6) is 1.15. The van der Waals surface area contributed by atoms with E-state index in [2.05, 4.69) is 11.9 Å². The van der Waals surface area contributed by atoms with Crippen molar-refractivity contribution < 1.29 is 14.3 Å². The van der Waals surface area contributed by atoms with Gasteiger partial charge in [0.1, 0.15) is 0 Å². The molecule has 20 heavy (non-hydrogen) atoms. The number of carbonyl (C=O) groups is 1. The third-order valence-corrected chi connectivity index (χ3v) is 4.14. The summed E-state index contributed by atoms with van der Waals surface area (Å²) in [5, 5.41) is 0. The van der Waals surface area contributed by atoms with Crippen molar-refractivity contribution >= 4 is 17.8 Å². The molecule has 1 fully saturated rings. The lowest BCUT2D eigenvalue weighted by molar-refractivity contribution is 0.0712. The van der Waals surface area contributed by atoms with Crippen LogP contribution < -0.4 is 9.47 Å². The summed E-state index contributed by atoms with van der Waals surface area (Å²) in [7, 11) is 3.14. The Morgan fingerprint density at radius 2 is 1.95 bits per heavy atom. The Balaban J connectivity index is 2.15. The van der Waals surface area contributed by atoms with Gasteiger partial charge < -0.3 is 14.4 Å². The van der Waals surface area contributed by atoms with Crippen LogP contribution in [0.3, 0.4) is 0 Å². The van der Waals surface area contributed by atoms with Crippen LogP contribution in [0.5, 0.6) is 11.5 Å². The molecule has 1 aromatic rings. The van der Waals surface area contributed by atoms with Crippen LogP contribution in [-0.4, -0.2) is 43.3 Å². The number of aliphatic imine (C=N–C) groups is 1. The van der Waals surface area contributed by atoms with E-state index in [0.29, 0.717) is 22.7 Å². The molecule has 5 heteroatoms. The van der Waals surface area contributed by atoms with Crippen LogP contribution in [0.15, 0.2) is 17.1 Å². The van der Waals surface area contributed by atoms with E-state index in [1.165, 1.54) is 0 Å². The van der Waals surface area contributed by atoms with Crippen molar-refractivity contribution in [1.29, 1.82) is 0 Å². The Morgan fingerprint density at radius 3 is 2.65 bits per heavy atom. The second-order valence-corrected chi connectivity index (χ2v) is 5.40. The van der Waals surface area contributed by atoms with Gasteiger partial charge in [-0.2, -0.15) is 0 Å². The van der Waals surface area contributed by atoms with Crippen molar-refractivity contribution in [3.05, 3.63) is 17.7 Å². The molecule has 1 aromatic carbocycles. The third-order valence-electron chi connectivity index (χ3n) is 4.14. The summed E-state index contributed by atoms with van der Waals surface area (Å²) in [5.41, 5.74) is 0.934. The molecule has 1 saturated heterocycles. The molecule has 1 atom stereocenters. The number of amides is 1. The lowest BCUT2D eigenvalue weighted by Crippen LogP contribution is -2.45. The summed E-state index contributed by atoms with van der Waals surface area (Å²) >= 11 is 0. The van der Waals surface area contributed by atoms with Crippen molar-refractivity contribution in [3.63, 3.8) is 0 Å². The lowest BCUT2D eigenvalue weighted by Gasteiger charge is -2.30. The van der Waals surface area contributed by atoms with Gasteiger partial charge in [0.25, 0.3) is 5.91 Å². The van der Waals surface area contributed by atoms with Gasteiger partial charge in [-0.1, -0.05) is 0 Å². The highest BCUT2D eigenvalue weighted by molar-refractivity contribution is 6.04. The number of benzene rings is 1. The zero-order valence-corrected chi connectivity index (χ0v) is 12.0. The molecule has 2 heterocycles. The topological polar surface area (TPSA) is 51.1 Å². The number of hydrogen-bond acceptors (Lipinski definition) is 4. The first-order chi connectivity index (χ1) is 9.59. The molecule has 0 radical (unpaired) electrons. The molecule has 0 aliphatic carbocycles. The van der Waals surface area contributed by atoms with Gasteiger partial charge >= 0.3 is 0 Å². The zero-order valence-electron chi connectivity index (χ0n) is 12.0. The van der Waals surface area contributed by atoms with Crippen molar-refractivity contribution in [2.45, 2.75) is 25.3 Å². The number of hydrogen-bond donors (Lipinski definition) is 0. The molecule has 3 rings (SSSR count). The first kappa shape index (κ1) is 13.0. The summed E-state index contributed by atoms with van der Waals surface area (Å²) in [6, 6.07) is 3.48. The first-order valence-electron chi connectivity index (χ1n) is 6.72. The maximum Gasteiger partial charge on any atom is 0.256 e. The quantitative estimate of drug-likeness (QED) is 0.832. The van der Waals surface area contributed by atoms with Gasteiger partial charge in [-0.05, 0) is 25.8 Å². The van der Waals surface area contributed by atoms with Gasteiger partial charge in [-0.3, -0.25) is 9.79 Å². The normalized spacial score (nSPS) is 24.1. The molecule has 2 aliphatic rings. The van der Waals surface area contributed by atoms with Crippen LogP contribution >= 0.6 is 0 Å². The minimum Gasteiger partial charge on any atom is -0.493 e. The van der Waals surface area contributed by atoms with Crippen LogP contribution in [0, 0.1) is 0 Å². The van der Waals surface area contributed by atoms with E-state index < -0.39 is 0 Å². The molecular formula is C15H18N2O3. The predicted molar refractivity (Wildman–Crippen MR) is 76.4 cm³/mol. The first-order valence-corrected chi connectivity index (χ1v) is 6.72. The van der Waals surface area contributed by atoms with Gasteiger partial charge in [0, 0.05) is 18.8 Å². The molecule has 0 bridgehead atoms. The van der Waals surface area contributed by atoms with Crippen molar-refractivity contribution in [2.75, 3.05) is 20.8 Å². The summed E-state index contributed by atoms with van der Waals surface area (Å²) < 4.78 is 10.6. The molecule has 2 aliphatic heterocycles. The van der Waals surface area contributed by atoms with E-state index in [9.17, 15) is 4.79 Å². The van der Waals surface area contributed by atoms with Crippen LogP contribution in [0.4, 0.5) is 5.69 Å². The van der Waals surface area contributed by atoms with Gasteiger partial charge in [-0.25, -0.2) is 0 Å². The number of methoxy groups -OCH3 is 2. The highest BCUT2D eigenvalue weighted by Gasteiger charge is 2.41. The standard InChI is InChI=1S/C15H18N2O3/c1-15-5-4-6-17(15)14(18)10-7-12(19-2)13(20-3)8-11(10)16-9-15/h7-9H,4-6H2,1-3H3/t15-/m0/s1. The van der Waals surface area contributed by atoms with Gasteiger partial charge in [-0.15, -0.1) is 0 Å². The molecule has 0 spiro atoms. The van der Waals surface area contributed by atoms with E-state index in [1.54, 1.807) is 26.4 Å². The fraction of sp³-hybridized carbons (Fsp3) is 0.467. The molecule has 0 unspecified atom stereocenters. The second-order valence-electron chi connectivity index (χ2n) is 5.40. The summed E-state index contributed by atoms with van der Waals surface area (Å²) in [4.78, 5) is 19.2. The summed E-state index contributed by atoms with van der Waals surface area (Å²) in [6.07, 6.45) is 3.84. The molecule has 0 saturated carbocycles. The fourth-order valence-corrected chi connectivity index (χ4v) is 2.95. The number of carbonyl (C=O) groups excluding carboxylic acids is 1. The van der Waals surface area contributed by atoms with Gasteiger partial charge in [0.2, 0.25) is 0 Å². The molecule has 0 aromatic heterocycles. The smallest absolute Gasteiger partial charge is 0.256 e. The van der Waals surface area contributed by atoms with Crippen LogP contribution in [0.1, 0.15) is 30.1 Å². The Kier molecular flexibility index (Phi) is 2.92. The summed E-state index contributed by atoms with van der Waals surface area (Å²) in [6.45, 7) is 2.83. The SMILES string of the molecule is COc1cc2c(cc1OC)C(=O)N1CCC[C@@]1(C)C=N2. The highest BCUT2D eigenvalue weighted by atomic mass is 16.5. The number of nitrogens with zero attached hydrogens (tertiary/aromatic N) is 2. The molecule has 0 N–H and O–H groups in total. The monoisotopic (exact) mass is 274 g/mol. The van der Waals surface area contributed by atoms with Crippen molar-refractivity contribution in [2.24, 2.45) is 4.99 Å². The molecular weight excluding hydrogens is 256 g/mol. The lowest BCUT2D eigenvalue weighted by atomic mass is 10.0. The van der Waals surface area contributed by atoms with E-state index >= 15 is 0 Å². The van der Waals surface area contributed by atoms with Crippen LogP contribution in [0.2, 0.25) is 0 Å². The molecule has 106 valence electrons. The largest absolute Gasteiger partial charge is 0.493 e. The number of ether oxygens (including phenoxy) is 2. The average Bonchev–Trinajstić information content (AvgIpc) is 2.81. The third kappa shape index (κ3) is 1.77.